The van der Waals surface area contributed by atoms with E-state index in [1.165, 1.54) is 11.1 Å². The number of aryl methyl sites for hydroxylation is 1. The van der Waals surface area contributed by atoms with Crippen LogP contribution in [0.5, 0.6) is 0 Å². The highest BCUT2D eigenvalue weighted by Crippen LogP contribution is 2.52. The van der Waals surface area contributed by atoms with Gasteiger partial charge in [-0.25, -0.2) is 4.68 Å². The molecule has 0 bridgehead atoms. The van der Waals surface area contributed by atoms with Gasteiger partial charge in [0.05, 0.1) is 23.6 Å². The third-order valence-electron chi connectivity index (χ3n) is 7.46. The van der Waals surface area contributed by atoms with Gasteiger partial charge < -0.3 is 10.2 Å². The summed E-state index contributed by atoms with van der Waals surface area (Å²) < 4.78 is 1.97. The number of aromatic nitrogens is 2. The zero-order valence-electron chi connectivity index (χ0n) is 20.2. The molecule has 3 aromatic carbocycles. The summed E-state index contributed by atoms with van der Waals surface area (Å²) in [5.41, 5.74) is 6.52. The Morgan fingerprint density at radius 3 is 2.43 bits per heavy atom. The van der Waals surface area contributed by atoms with E-state index < -0.39 is 5.66 Å². The lowest BCUT2D eigenvalue weighted by molar-refractivity contribution is -0.118. The van der Waals surface area contributed by atoms with E-state index in [-0.39, 0.29) is 11.3 Å². The summed E-state index contributed by atoms with van der Waals surface area (Å²) >= 11 is 0. The highest BCUT2D eigenvalue weighted by molar-refractivity contribution is 5.91. The van der Waals surface area contributed by atoms with Crippen LogP contribution in [0.3, 0.4) is 0 Å². The van der Waals surface area contributed by atoms with Gasteiger partial charge in [-0.15, -0.1) is 0 Å². The fraction of sp³-hybridized carbons (Fsp3) is 0.200. The van der Waals surface area contributed by atoms with Crippen LogP contribution in [0.1, 0.15) is 30.7 Å². The molecule has 3 heterocycles. The molecular formula is C30H28N4O. The molecule has 174 valence electrons. The van der Waals surface area contributed by atoms with Gasteiger partial charge >= 0.3 is 0 Å². The topological polar surface area (TPSA) is 50.2 Å². The fourth-order valence-corrected chi connectivity index (χ4v) is 5.50. The number of hydrogen-bond acceptors (Lipinski definition) is 3. The van der Waals surface area contributed by atoms with Crippen LogP contribution in [0.2, 0.25) is 0 Å². The van der Waals surface area contributed by atoms with Gasteiger partial charge in [0.15, 0.2) is 0 Å². The van der Waals surface area contributed by atoms with Gasteiger partial charge in [-0.05, 0) is 48.9 Å². The molecule has 2 aliphatic heterocycles. The molecule has 5 heteroatoms. The number of benzene rings is 3. The van der Waals surface area contributed by atoms with E-state index in [0.29, 0.717) is 6.54 Å². The van der Waals surface area contributed by atoms with Crippen LogP contribution in [-0.4, -0.2) is 27.9 Å². The summed E-state index contributed by atoms with van der Waals surface area (Å²) in [7, 11) is 0. The summed E-state index contributed by atoms with van der Waals surface area (Å²) in [6.07, 6.45) is 4.25. The third kappa shape index (κ3) is 3.22. The largest absolute Gasteiger partial charge is 0.335 e. The van der Waals surface area contributed by atoms with Crippen molar-refractivity contribution in [3.63, 3.8) is 0 Å². The minimum absolute atomic E-state index is 0.0362. The van der Waals surface area contributed by atoms with Gasteiger partial charge in [0, 0.05) is 16.7 Å². The van der Waals surface area contributed by atoms with Crippen molar-refractivity contribution in [1.29, 1.82) is 0 Å². The number of nitrogens with one attached hydrogen (secondary N) is 1. The summed E-state index contributed by atoms with van der Waals surface area (Å²) in [6.45, 7) is 6.84. The standard InChI is InChI=1S/C30H28N4O/c1-21-13-15-22(16-14-21)26-19-24(34(32-26)23-9-5-4-6-10-23)17-18-30-29(2,3)25-11-7-8-12-27(25)33(30)20-28(35)31-30/h4-19H,20H2,1-3H3,(H,31,35). The first-order valence-corrected chi connectivity index (χ1v) is 12.0. The second kappa shape index (κ2) is 7.70. The minimum atomic E-state index is -0.649. The first-order valence-electron chi connectivity index (χ1n) is 12.0. The molecule has 1 unspecified atom stereocenters. The first-order chi connectivity index (χ1) is 16.9. The number of hydrogen-bond donors (Lipinski definition) is 1. The zero-order valence-corrected chi connectivity index (χ0v) is 20.2. The number of carbonyl (C=O) groups excluding carboxylic acids is 1. The molecule has 0 saturated carbocycles. The van der Waals surface area contributed by atoms with Crippen LogP contribution in [-0.2, 0) is 10.2 Å². The van der Waals surface area contributed by atoms with Gasteiger partial charge in [0.25, 0.3) is 0 Å². The Labute approximate surface area is 205 Å². The zero-order chi connectivity index (χ0) is 24.2. The smallest absolute Gasteiger partial charge is 0.241 e. The number of amides is 1. The predicted octanol–water partition coefficient (Wildman–Crippen LogP) is 5.48. The summed E-state index contributed by atoms with van der Waals surface area (Å²) in [4.78, 5) is 14.9. The van der Waals surface area contributed by atoms with E-state index in [1.54, 1.807) is 0 Å². The molecular weight excluding hydrogens is 432 g/mol. The van der Waals surface area contributed by atoms with Gasteiger partial charge in [-0.2, -0.15) is 5.10 Å². The maximum absolute atomic E-state index is 12.7. The molecule has 0 radical (unpaired) electrons. The maximum Gasteiger partial charge on any atom is 0.241 e. The average molecular weight is 461 g/mol. The Balaban J connectivity index is 1.48. The average Bonchev–Trinajstić information content (AvgIpc) is 3.49. The monoisotopic (exact) mass is 460 g/mol. The van der Waals surface area contributed by atoms with Gasteiger partial charge in [-0.3, -0.25) is 4.79 Å². The molecule has 2 aliphatic rings. The lowest BCUT2D eigenvalue weighted by Gasteiger charge is -2.40. The van der Waals surface area contributed by atoms with Crippen molar-refractivity contribution in [1.82, 2.24) is 15.1 Å². The van der Waals surface area contributed by atoms with Crippen LogP contribution >= 0.6 is 0 Å². The Hall–Kier alpha value is -4.12. The van der Waals surface area contributed by atoms with Crippen LogP contribution in [0.4, 0.5) is 5.69 Å². The van der Waals surface area contributed by atoms with E-state index >= 15 is 0 Å². The van der Waals surface area contributed by atoms with Crippen LogP contribution in [0, 0.1) is 6.92 Å². The van der Waals surface area contributed by atoms with Crippen molar-refractivity contribution in [3.05, 3.63) is 108 Å². The van der Waals surface area contributed by atoms with Crippen LogP contribution < -0.4 is 10.2 Å². The van der Waals surface area contributed by atoms with E-state index in [9.17, 15) is 4.79 Å². The number of para-hydroxylation sites is 2. The van der Waals surface area contributed by atoms with Crippen molar-refractivity contribution < 1.29 is 4.79 Å². The molecule has 35 heavy (non-hydrogen) atoms. The molecule has 1 saturated heterocycles. The third-order valence-corrected chi connectivity index (χ3v) is 7.46. The van der Waals surface area contributed by atoms with Gasteiger partial charge in [0.2, 0.25) is 5.91 Å². The van der Waals surface area contributed by atoms with Crippen LogP contribution in [0.15, 0.2) is 91.0 Å². The molecule has 4 aromatic rings. The summed E-state index contributed by atoms with van der Waals surface area (Å²) in [5, 5.41) is 8.28. The Kier molecular flexibility index (Phi) is 4.71. The van der Waals surface area contributed by atoms with Crippen molar-refractivity contribution in [3.8, 4) is 16.9 Å². The van der Waals surface area contributed by atoms with Gasteiger partial charge in [-0.1, -0.05) is 80.1 Å². The second-order valence-corrected chi connectivity index (χ2v) is 9.94. The number of anilines is 1. The predicted molar refractivity (Wildman–Crippen MR) is 140 cm³/mol. The maximum atomic E-state index is 12.7. The van der Waals surface area contributed by atoms with Crippen molar-refractivity contribution in [2.24, 2.45) is 0 Å². The lowest BCUT2D eigenvalue weighted by atomic mass is 9.75. The molecule has 5 nitrogen and oxygen atoms in total. The van der Waals surface area contributed by atoms with E-state index in [2.05, 4.69) is 104 Å². The van der Waals surface area contributed by atoms with E-state index in [0.717, 1.165) is 28.3 Å². The highest BCUT2D eigenvalue weighted by Gasteiger charge is 2.59. The van der Waals surface area contributed by atoms with Crippen molar-refractivity contribution in [2.45, 2.75) is 31.8 Å². The second-order valence-electron chi connectivity index (χ2n) is 9.94. The number of fused-ring (bicyclic) bond motifs is 3. The minimum Gasteiger partial charge on any atom is -0.335 e. The number of nitrogens with zero attached hydrogens (tertiary/aromatic N) is 3. The molecule has 1 atom stereocenters. The molecule has 1 amide bonds. The number of carbonyl (C=O) groups is 1. The molecule has 1 fully saturated rings. The van der Waals surface area contributed by atoms with Crippen molar-refractivity contribution in [2.75, 3.05) is 11.4 Å². The van der Waals surface area contributed by atoms with Crippen LogP contribution in [0.25, 0.3) is 23.0 Å². The summed E-state index contributed by atoms with van der Waals surface area (Å²) in [6, 6.07) is 29.1. The molecule has 1 aromatic heterocycles. The van der Waals surface area contributed by atoms with Gasteiger partial charge in [0.1, 0.15) is 5.66 Å². The van der Waals surface area contributed by atoms with E-state index in [1.807, 2.05) is 28.9 Å². The normalized spacial score (nSPS) is 20.2. The summed E-state index contributed by atoms with van der Waals surface area (Å²) in [5.74, 6) is 0.0362. The fourth-order valence-electron chi connectivity index (χ4n) is 5.50. The van der Waals surface area contributed by atoms with Crippen molar-refractivity contribution >= 4 is 17.7 Å². The highest BCUT2D eigenvalue weighted by atomic mass is 16.2. The molecule has 6 rings (SSSR count). The van der Waals surface area contributed by atoms with E-state index in [4.69, 9.17) is 5.10 Å². The molecule has 0 spiro atoms. The number of rotatable bonds is 4. The Morgan fingerprint density at radius 1 is 0.943 bits per heavy atom. The Bertz CT molecular complexity index is 1450. The quantitative estimate of drug-likeness (QED) is 0.438. The SMILES string of the molecule is Cc1ccc(-c2cc(C=CC34NC(=O)CN3c3ccccc3C4(C)C)n(-c3ccccc3)n2)cc1. The Morgan fingerprint density at radius 2 is 1.66 bits per heavy atom. The lowest BCUT2D eigenvalue weighted by Crippen LogP contribution is -2.58. The molecule has 0 aliphatic carbocycles. The molecule has 1 N–H and O–H groups in total. The first kappa shape index (κ1) is 21.4.